The molecule has 128 valence electrons. The summed E-state index contributed by atoms with van der Waals surface area (Å²) in [6.07, 6.45) is -5.02. The molecule has 0 saturated heterocycles. The average molecular weight is 359 g/mol. The minimum atomic E-state index is -5.02. The summed E-state index contributed by atoms with van der Waals surface area (Å²) in [5.41, 5.74) is -3.73. The van der Waals surface area contributed by atoms with E-state index in [-0.39, 0.29) is 22.0 Å². The largest absolute Gasteiger partial charge is 0.508 e. The molecule has 0 aliphatic rings. The zero-order valence-corrected chi connectivity index (χ0v) is 13.5. The smallest absolute Gasteiger partial charge is 0.423 e. The highest BCUT2D eigenvalue weighted by atomic mass is 35.5. The van der Waals surface area contributed by atoms with Crippen molar-refractivity contribution in [3.63, 3.8) is 0 Å². The summed E-state index contributed by atoms with van der Waals surface area (Å²) in [6, 6.07) is 7.57. The number of aromatic nitrogens is 1. The van der Waals surface area contributed by atoms with Crippen LogP contribution in [0.5, 0.6) is 5.75 Å². The van der Waals surface area contributed by atoms with Crippen molar-refractivity contribution in [2.24, 2.45) is 7.05 Å². The molecular weight excluding hydrogens is 345 g/mol. The van der Waals surface area contributed by atoms with Crippen LogP contribution in [0.25, 0.3) is 0 Å². The van der Waals surface area contributed by atoms with Gasteiger partial charge in [-0.25, -0.2) is 0 Å². The maximum atomic E-state index is 13.8. The molecule has 24 heavy (non-hydrogen) atoms. The van der Waals surface area contributed by atoms with Crippen LogP contribution in [0.15, 0.2) is 30.3 Å². The molecule has 2 rings (SSSR count). The Labute approximate surface area is 141 Å². The highest BCUT2D eigenvalue weighted by Gasteiger charge is 2.60. The Balaban J connectivity index is 2.68. The lowest BCUT2D eigenvalue weighted by Crippen LogP contribution is -2.47. The third-order valence-electron chi connectivity index (χ3n) is 4.14. The van der Waals surface area contributed by atoms with E-state index in [1.54, 1.807) is 6.07 Å². The first kappa shape index (κ1) is 18.2. The first-order chi connectivity index (χ1) is 11.0. The number of hydrogen-bond donors (Lipinski definition) is 2. The van der Waals surface area contributed by atoms with Crippen LogP contribution >= 0.6 is 11.6 Å². The van der Waals surface area contributed by atoms with E-state index in [0.717, 1.165) is 16.7 Å². The molecule has 1 aromatic heterocycles. The van der Waals surface area contributed by atoms with E-state index in [0.29, 0.717) is 0 Å². The third-order valence-corrected chi connectivity index (χ3v) is 4.46. The van der Waals surface area contributed by atoms with E-state index in [1.165, 1.54) is 32.2 Å². The van der Waals surface area contributed by atoms with Crippen molar-refractivity contribution in [3.05, 3.63) is 52.3 Å². The SMILES string of the molecule is CC(c1ccc(O)cc1Cl)C(O)(c1ccc(C#N)n1C)C(F)(F)F. The van der Waals surface area contributed by atoms with Gasteiger partial charge in [-0.3, -0.25) is 0 Å². The highest BCUT2D eigenvalue weighted by molar-refractivity contribution is 6.31. The lowest BCUT2D eigenvalue weighted by molar-refractivity contribution is -0.276. The van der Waals surface area contributed by atoms with Gasteiger partial charge in [0.25, 0.3) is 0 Å². The van der Waals surface area contributed by atoms with Gasteiger partial charge in [-0.1, -0.05) is 24.6 Å². The fourth-order valence-corrected chi connectivity index (χ4v) is 3.05. The van der Waals surface area contributed by atoms with Crippen LogP contribution in [0.2, 0.25) is 5.02 Å². The fourth-order valence-electron chi connectivity index (χ4n) is 2.71. The topological polar surface area (TPSA) is 69.2 Å². The molecule has 0 saturated carbocycles. The number of nitriles is 1. The van der Waals surface area contributed by atoms with Gasteiger partial charge in [0.1, 0.15) is 17.5 Å². The Morgan fingerprint density at radius 2 is 1.88 bits per heavy atom. The van der Waals surface area contributed by atoms with E-state index in [1.807, 2.05) is 0 Å². The number of hydrogen-bond acceptors (Lipinski definition) is 3. The van der Waals surface area contributed by atoms with E-state index >= 15 is 0 Å². The predicted octanol–water partition coefficient (Wildman–Crippen LogP) is 3.81. The summed E-state index contributed by atoms with van der Waals surface area (Å²) in [7, 11) is 1.27. The zero-order chi connectivity index (χ0) is 18.3. The van der Waals surface area contributed by atoms with Gasteiger partial charge >= 0.3 is 6.18 Å². The molecule has 0 radical (unpaired) electrons. The number of phenols is 1. The lowest BCUT2D eigenvalue weighted by Gasteiger charge is -2.37. The molecule has 0 fully saturated rings. The second kappa shape index (κ2) is 6.04. The zero-order valence-electron chi connectivity index (χ0n) is 12.8. The molecule has 8 heteroatoms. The van der Waals surface area contributed by atoms with E-state index < -0.39 is 23.4 Å². The number of phenolic OH excluding ortho intramolecular Hbond substituents is 1. The normalized spacial score (nSPS) is 15.6. The number of nitrogens with zero attached hydrogens (tertiary/aromatic N) is 2. The second-order valence-corrected chi connectivity index (χ2v) is 5.87. The maximum Gasteiger partial charge on any atom is 0.423 e. The number of benzene rings is 1. The van der Waals surface area contributed by atoms with Crippen molar-refractivity contribution < 1.29 is 23.4 Å². The first-order valence-electron chi connectivity index (χ1n) is 6.87. The van der Waals surface area contributed by atoms with Crippen molar-refractivity contribution in [2.75, 3.05) is 0 Å². The van der Waals surface area contributed by atoms with Crippen LogP contribution in [0.4, 0.5) is 13.2 Å². The van der Waals surface area contributed by atoms with Crippen LogP contribution in [-0.4, -0.2) is 21.0 Å². The van der Waals surface area contributed by atoms with Gasteiger partial charge in [-0.05, 0) is 29.8 Å². The quantitative estimate of drug-likeness (QED) is 0.876. The fraction of sp³-hybridized carbons (Fsp3) is 0.312. The number of alkyl halides is 3. The molecule has 1 heterocycles. The Hall–Kier alpha value is -2.17. The Kier molecular flexibility index (Phi) is 4.57. The predicted molar refractivity (Wildman–Crippen MR) is 81.6 cm³/mol. The van der Waals surface area contributed by atoms with Crippen LogP contribution < -0.4 is 0 Å². The van der Waals surface area contributed by atoms with Crippen molar-refractivity contribution >= 4 is 11.6 Å². The Morgan fingerprint density at radius 1 is 1.25 bits per heavy atom. The Bertz CT molecular complexity index is 811. The summed E-state index contributed by atoms with van der Waals surface area (Å²) >= 11 is 5.94. The van der Waals surface area contributed by atoms with Crippen molar-refractivity contribution in [1.82, 2.24) is 4.57 Å². The molecule has 2 atom stereocenters. The molecule has 2 unspecified atom stereocenters. The first-order valence-corrected chi connectivity index (χ1v) is 7.25. The molecule has 0 aliphatic carbocycles. The summed E-state index contributed by atoms with van der Waals surface area (Å²) < 4.78 is 42.4. The standard InChI is InChI=1S/C16H14ClF3N2O2/c1-9(12-5-4-11(23)7-13(12)17)15(24,16(18,19)20)14-6-3-10(8-21)22(14)2/h3-7,9,23-24H,1-2H3. The molecule has 0 spiro atoms. The summed E-state index contributed by atoms with van der Waals surface area (Å²) in [6.45, 7) is 1.19. The van der Waals surface area contributed by atoms with Gasteiger partial charge in [0, 0.05) is 18.0 Å². The number of aromatic hydroxyl groups is 1. The summed E-state index contributed by atoms with van der Waals surface area (Å²) in [5, 5.41) is 28.9. The van der Waals surface area contributed by atoms with Gasteiger partial charge in [-0.15, -0.1) is 0 Å². The molecule has 0 aliphatic heterocycles. The van der Waals surface area contributed by atoms with Crippen LogP contribution in [0.1, 0.15) is 29.8 Å². The molecule has 4 nitrogen and oxygen atoms in total. The second-order valence-electron chi connectivity index (χ2n) is 5.47. The molecule has 0 amide bonds. The molecule has 1 aromatic carbocycles. The highest BCUT2D eigenvalue weighted by Crippen LogP contribution is 2.50. The van der Waals surface area contributed by atoms with E-state index in [2.05, 4.69) is 0 Å². The van der Waals surface area contributed by atoms with Gasteiger partial charge < -0.3 is 14.8 Å². The molecule has 2 N–H and O–H groups in total. The maximum absolute atomic E-state index is 13.8. The van der Waals surface area contributed by atoms with Crippen molar-refractivity contribution in [2.45, 2.75) is 24.6 Å². The van der Waals surface area contributed by atoms with Gasteiger partial charge in [0.2, 0.25) is 5.60 Å². The molecule has 2 aromatic rings. The summed E-state index contributed by atoms with van der Waals surface area (Å²) in [4.78, 5) is 0. The van der Waals surface area contributed by atoms with Crippen LogP contribution in [0, 0.1) is 11.3 Å². The third kappa shape index (κ3) is 2.72. The van der Waals surface area contributed by atoms with Crippen molar-refractivity contribution in [1.29, 1.82) is 5.26 Å². The number of aliphatic hydroxyl groups is 1. The Morgan fingerprint density at radius 3 is 2.33 bits per heavy atom. The van der Waals surface area contributed by atoms with Gasteiger partial charge in [0.05, 0.1) is 5.69 Å². The number of rotatable bonds is 3. The molecule has 0 bridgehead atoms. The van der Waals surface area contributed by atoms with Gasteiger partial charge in [-0.2, -0.15) is 18.4 Å². The number of halogens is 4. The lowest BCUT2D eigenvalue weighted by atomic mass is 9.80. The van der Waals surface area contributed by atoms with Crippen molar-refractivity contribution in [3.8, 4) is 11.8 Å². The molecular formula is C16H14ClF3N2O2. The average Bonchev–Trinajstić information content (AvgIpc) is 2.85. The summed E-state index contributed by atoms with van der Waals surface area (Å²) in [5.74, 6) is -1.68. The minimum Gasteiger partial charge on any atom is -0.508 e. The van der Waals surface area contributed by atoms with Crippen LogP contribution in [-0.2, 0) is 12.6 Å². The monoisotopic (exact) mass is 358 g/mol. The minimum absolute atomic E-state index is 0.0170. The van der Waals surface area contributed by atoms with E-state index in [9.17, 15) is 23.4 Å². The van der Waals surface area contributed by atoms with Gasteiger partial charge in [0.15, 0.2) is 0 Å². The van der Waals surface area contributed by atoms with Crippen LogP contribution in [0.3, 0.4) is 0 Å². The van der Waals surface area contributed by atoms with E-state index in [4.69, 9.17) is 16.9 Å².